The molecule has 0 aliphatic carbocycles. The topological polar surface area (TPSA) is 35.2 Å². The Kier molecular flexibility index (Phi) is 4.61. The highest BCUT2D eigenvalue weighted by atomic mass is 79.9. The third-order valence-electron chi connectivity index (χ3n) is 2.29. The second kappa shape index (κ2) is 5.52. The van der Waals surface area contributed by atoms with Gasteiger partial charge in [0.1, 0.15) is 12.4 Å². The number of rotatable bonds is 4. The van der Waals surface area contributed by atoms with Gasteiger partial charge in [-0.1, -0.05) is 29.8 Å². The van der Waals surface area contributed by atoms with Crippen LogP contribution in [-0.4, -0.2) is 13.2 Å². The summed E-state index contributed by atoms with van der Waals surface area (Å²) < 4.78 is 6.77. The minimum absolute atomic E-state index is 0.453. The molecule has 0 aliphatic rings. The van der Waals surface area contributed by atoms with Gasteiger partial charge in [0, 0.05) is 11.0 Å². The normalized spacial score (nSPS) is 10.8. The molecule has 2 N–H and O–H groups in total. The lowest BCUT2D eigenvalue weighted by Crippen LogP contribution is -2.12. The van der Waals surface area contributed by atoms with Crippen molar-refractivity contribution in [1.82, 2.24) is 0 Å². The molecule has 84 valence electrons. The van der Waals surface area contributed by atoms with Crippen LogP contribution in [0.5, 0.6) is 5.75 Å². The van der Waals surface area contributed by atoms with Crippen molar-refractivity contribution < 1.29 is 4.74 Å². The summed E-state index contributed by atoms with van der Waals surface area (Å²) in [5.41, 5.74) is 7.85. The number of nitrogens with two attached hydrogens (primary N) is 1. The molecule has 0 aromatic heterocycles. The molecule has 0 amide bonds. The molecule has 3 heteroatoms. The Morgan fingerprint density at radius 1 is 1.40 bits per heavy atom. The zero-order valence-electron chi connectivity index (χ0n) is 9.51. The van der Waals surface area contributed by atoms with Crippen LogP contribution in [0.2, 0.25) is 0 Å². The first-order chi connectivity index (χ1) is 7.06. The van der Waals surface area contributed by atoms with Gasteiger partial charge >= 0.3 is 0 Å². The van der Waals surface area contributed by atoms with Crippen LogP contribution in [0, 0.1) is 6.92 Å². The van der Waals surface area contributed by atoms with Gasteiger partial charge in [-0.2, -0.15) is 0 Å². The van der Waals surface area contributed by atoms with Crippen LogP contribution in [0.1, 0.15) is 30.9 Å². The second-order valence-electron chi connectivity index (χ2n) is 3.93. The lowest BCUT2D eigenvalue weighted by Gasteiger charge is -2.15. The summed E-state index contributed by atoms with van der Waals surface area (Å²) >= 11 is 3.54. The van der Waals surface area contributed by atoms with Crippen LogP contribution in [0.15, 0.2) is 16.6 Å². The van der Waals surface area contributed by atoms with E-state index in [4.69, 9.17) is 10.5 Å². The van der Waals surface area contributed by atoms with Gasteiger partial charge in [0.25, 0.3) is 0 Å². The van der Waals surface area contributed by atoms with Crippen LogP contribution in [0.4, 0.5) is 0 Å². The lowest BCUT2D eigenvalue weighted by atomic mass is 10.0. The Balaban J connectivity index is 3.04. The summed E-state index contributed by atoms with van der Waals surface area (Å²) in [7, 11) is 0. The Morgan fingerprint density at radius 2 is 2.07 bits per heavy atom. The Hall–Kier alpha value is -0.540. The smallest absolute Gasteiger partial charge is 0.123 e. The minimum Gasteiger partial charge on any atom is -0.492 e. The molecular weight excluding hydrogens is 254 g/mol. The maximum atomic E-state index is 5.64. The van der Waals surface area contributed by atoms with Crippen molar-refractivity contribution in [2.75, 3.05) is 13.2 Å². The van der Waals surface area contributed by atoms with E-state index in [2.05, 4.69) is 48.8 Å². The van der Waals surface area contributed by atoms with Gasteiger partial charge in [0.15, 0.2) is 0 Å². The number of hydrogen-bond acceptors (Lipinski definition) is 2. The van der Waals surface area contributed by atoms with E-state index in [1.807, 2.05) is 0 Å². The maximum absolute atomic E-state index is 5.64. The molecule has 0 fully saturated rings. The number of benzene rings is 1. The third-order valence-corrected chi connectivity index (χ3v) is 3.14. The summed E-state index contributed by atoms with van der Waals surface area (Å²) in [5, 5.41) is 0. The Bertz CT molecular complexity index is 337. The van der Waals surface area contributed by atoms with Gasteiger partial charge in [-0.15, -0.1) is 0 Å². The first kappa shape index (κ1) is 12.5. The van der Waals surface area contributed by atoms with Crippen LogP contribution in [-0.2, 0) is 0 Å². The number of ether oxygens (including phenoxy) is 1. The summed E-state index contributed by atoms with van der Waals surface area (Å²) in [4.78, 5) is 0. The SMILES string of the molecule is Cc1cc(OCCN)c(C(C)C)cc1Br. The van der Waals surface area contributed by atoms with E-state index in [9.17, 15) is 0 Å². The predicted octanol–water partition coefficient (Wildman–Crippen LogP) is 3.22. The van der Waals surface area contributed by atoms with Crippen molar-refractivity contribution in [2.45, 2.75) is 26.7 Å². The fourth-order valence-electron chi connectivity index (χ4n) is 1.42. The summed E-state index contributed by atoms with van der Waals surface area (Å²) in [6.45, 7) is 7.50. The highest BCUT2D eigenvalue weighted by Gasteiger charge is 2.10. The number of aryl methyl sites for hydroxylation is 1. The van der Waals surface area contributed by atoms with Crippen LogP contribution in [0.3, 0.4) is 0 Å². The van der Waals surface area contributed by atoms with Gasteiger partial charge in [-0.05, 0) is 36.1 Å². The molecule has 0 spiro atoms. The first-order valence-electron chi connectivity index (χ1n) is 5.19. The maximum Gasteiger partial charge on any atom is 0.123 e. The quantitative estimate of drug-likeness (QED) is 0.913. The highest BCUT2D eigenvalue weighted by Crippen LogP contribution is 2.32. The minimum atomic E-state index is 0.453. The van der Waals surface area contributed by atoms with Crippen molar-refractivity contribution in [3.05, 3.63) is 27.7 Å². The molecule has 0 bridgehead atoms. The molecule has 15 heavy (non-hydrogen) atoms. The average molecular weight is 272 g/mol. The average Bonchev–Trinajstić information content (AvgIpc) is 2.19. The van der Waals surface area contributed by atoms with Crippen molar-refractivity contribution in [3.63, 3.8) is 0 Å². The summed E-state index contributed by atoms with van der Waals surface area (Å²) in [6, 6.07) is 4.20. The van der Waals surface area contributed by atoms with Gasteiger partial charge in [0.2, 0.25) is 0 Å². The fraction of sp³-hybridized carbons (Fsp3) is 0.500. The molecule has 2 nitrogen and oxygen atoms in total. The molecule has 0 heterocycles. The van der Waals surface area contributed by atoms with Crippen LogP contribution in [0.25, 0.3) is 0 Å². The third kappa shape index (κ3) is 3.21. The van der Waals surface area contributed by atoms with Crippen LogP contribution >= 0.6 is 15.9 Å². The molecule has 0 saturated carbocycles. The fourth-order valence-corrected chi connectivity index (χ4v) is 1.78. The van der Waals surface area contributed by atoms with Crippen LogP contribution < -0.4 is 10.5 Å². The highest BCUT2D eigenvalue weighted by molar-refractivity contribution is 9.10. The zero-order chi connectivity index (χ0) is 11.4. The number of halogens is 1. The first-order valence-corrected chi connectivity index (χ1v) is 5.98. The predicted molar refractivity (Wildman–Crippen MR) is 67.5 cm³/mol. The van der Waals surface area contributed by atoms with Gasteiger partial charge < -0.3 is 10.5 Å². The number of hydrogen-bond donors (Lipinski definition) is 1. The molecule has 0 atom stereocenters. The van der Waals surface area contributed by atoms with Crippen molar-refractivity contribution in [3.8, 4) is 5.75 Å². The van der Waals surface area contributed by atoms with E-state index in [0.29, 0.717) is 19.1 Å². The van der Waals surface area contributed by atoms with E-state index in [1.54, 1.807) is 0 Å². The van der Waals surface area contributed by atoms with E-state index >= 15 is 0 Å². The van der Waals surface area contributed by atoms with Gasteiger partial charge in [-0.25, -0.2) is 0 Å². The second-order valence-corrected chi connectivity index (χ2v) is 4.79. The Morgan fingerprint density at radius 3 is 2.60 bits per heavy atom. The van der Waals surface area contributed by atoms with Gasteiger partial charge in [0.05, 0.1) is 0 Å². The van der Waals surface area contributed by atoms with Crippen molar-refractivity contribution in [1.29, 1.82) is 0 Å². The molecule has 0 unspecified atom stereocenters. The molecule has 0 radical (unpaired) electrons. The molecule has 1 rings (SSSR count). The van der Waals surface area contributed by atoms with E-state index in [1.165, 1.54) is 11.1 Å². The molecule has 0 aliphatic heterocycles. The monoisotopic (exact) mass is 271 g/mol. The molecule has 0 saturated heterocycles. The molecular formula is C12H18BrNO. The van der Waals surface area contributed by atoms with Crippen molar-refractivity contribution >= 4 is 15.9 Å². The van der Waals surface area contributed by atoms with E-state index in [-0.39, 0.29) is 0 Å². The molecule has 1 aromatic carbocycles. The van der Waals surface area contributed by atoms with Gasteiger partial charge in [-0.3, -0.25) is 0 Å². The molecule has 1 aromatic rings. The summed E-state index contributed by atoms with van der Waals surface area (Å²) in [5.74, 6) is 1.41. The largest absolute Gasteiger partial charge is 0.492 e. The van der Waals surface area contributed by atoms with E-state index < -0.39 is 0 Å². The van der Waals surface area contributed by atoms with Crippen molar-refractivity contribution in [2.24, 2.45) is 5.73 Å². The van der Waals surface area contributed by atoms with E-state index in [0.717, 1.165) is 10.2 Å². The zero-order valence-corrected chi connectivity index (χ0v) is 11.1. The summed E-state index contributed by atoms with van der Waals surface area (Å²) in [6.07, 6.45) is 0. The standard InChI is InChI=1S/C12H18BrNO/c1-8(2)10-7-11(13)9(3)6-12(10)15-5-4-14/h6-8H,4-5,14H2,1-3H3. The lowest BCUT2D eigenvalue weighted by molar-refractivity contribution is 0.323. The Labute approximate surface area is 99.9 Å².